The minimum atomic E-state index is -0.0428. The van der Waals surface area contributed by atoms with E-state index in [0.29, 0.717) is 0 Å². The van der Waals surface area contributed by atoms with Gasteiger partial charge in [0.15, 0.2) is 0 Å². The van der Waals surface area contributed by atoms with Gasteiger partial charge < -0.3 is 10.6 Å². The molecule has 2 N–H and O–H groups in total. The lowest BCUT2D eigenvalue weighted by atomic mass is 10.2. The third-order valence-electron chi connectivity index (χ3n) is 2.83. The average molecular weight is 258 g/mol. The van der Waals surface area contributed by atoms with Gasteiger partial charge in [0.05, 0.1) is 18.8 Å². The predicted molar refractivity (Wildman–Crippen MR) is 74.7 cm³/mol. The number of aryl methyl sites for hydroxylation is 1. The molecule has 1 amide bonds. The number of para-hydroxylation sites is 1. The Labute approximate surface area is 112 Å². The van der Waals surface area contributed by atoms with Crippen molar-refractivity contribution >= 4 is 11.6 Å². The molecule has 0 fully saturated rings. The van der Waals surface area contributed by atoms with Gasteiger partial charge >= 0.3 is 0 Å². The molecule has 5 heteroatoms. The van der Waals surface area contributed by atoms with Crippen LogP contribution < -0.4 is 10.6 Å². The van der Waals surface area contributed by atoms with Crippen LogP contribution in [-0.2, 0) is 11.8 Å². The highest BCUT2D eigenvalue weighted by Crippen LogP contribution is 2.10. The molecule has 0 saturated heterocycles. The molecule has 0 aliphatic heterocycles. The Kier molecular flexibility index (Phi) is 4.18. The maximum atomic E-state index is 11.8. The molecule has 0 bridgehead atoms. The van der Waals surface area contributed by atoms with Gasteiger partial charge in [0.2, 0.25) is 5.91 Å². The van der Waals surface area contributed by atoms with Gasteiger partial charge in [-0.3, -0.25) is 9.48 Å². The fourth-order valence-electron chi connectivity index (χ4n) is 1.78. The van der Waals surface area contributed by atoms with Crippen LogP contribution in [0.25, 0.3) is 0 Å². The van der Waals surface area contributed by atoms with E-state index in [1.54, 1.807) is 10.9 Å². The number of carbonyl (C=O) groups is 1. The molecule has 100 valence electrons. The first-order valence-corrected chi connectivity index (χ1v) is 6.22. The second-order valence-corrected chi connectivity index (χ2v) is 4.46. The Bertz CT molecular complexity index is 535. The summed E-state index contributed by atoms with van der Waals surface area (Å²) < 4.78 is 1.72. The lowest BCUT2D eigenvalue weighted by molar-refractivity contribution is -0.120. The average Bonchev–Trinajstić information content (AvgIpc) is 2.84. The van der Waals surface area contributed by atoms with Crippen molar-refractivity contribution in [3.8, 4) is 0 Å². The zero-order valence-electron chi connectivity index (χ0n) is 11.1. The van der Waals surface area contributed by atoms with Crippen molar-refractivity contribution in [2.45, 2.75) is 13.0 Å². The largest absolute Gasteiger partial charge is 0.376 e. The summed E-state index contributed by atoms with van der Waals surface area (Å²) in [6.07, 6.45) is 3.66. The van der Waals surface area contributed by atoms with E-state index in [0.717, 1.165) is 11.3 Å². The second-order valence-electron chi connectivity index (χ2n) is 4.46. The number of aromatic nitrogens is 2. The molecule has 1 unspecified atom stereocenters. The van der Waals surface area contributed by atoms with Crippen molar-refractivity contribution in [3.05, 3.63) is 48.3 Å². The monoisotopic (exact) mass is 258 g/mol. The summed E-state index contributed by atoms with van der Waals surface area (Å²) in [6, 6.07) is 9.61. The Morgan fingerprint density at radius 3 is 2.74 bits per heavy atom. The molecule has 0 aliphatic rings. The van der Waals surface area contributed by atoms with E-state index in [1.807, 2.05) is 50.5 Å². The number of carbonyl (C=O) groups excluding carboxylic acids is 1. The van der Waals surface area contributed by atoms with Crippen LogP contribution in [0, 0.1) is 0 Å². The van der Waals surface area contributed by atoms with Gasteiger partial charge in [-0.15, -0.1) is 0 Å². The normalized spacial score (nSPS) is 11.9. The van der Waals surface area contributed by atoms with E-state index in [4.69, 9.17) is 0 Å². The zero-order chi connectivity index (χ0) is 13.7. The predicted octanol–water partition coefficient (Wildman–Crippen LogP) is 1.71. The van der Waals surface area contributed by atoms with Gasteiger partial charge in [-0.1, -0.05) is 18.2 Å². The lowest BCUT2D eigenvalue weighted by Crippen LogP contribution is -2.31. The van der Waals surface area contributed by atoms with E-state index < -0.39 is 0 Å². The maximum absolute atomic E-state index is 11.8. The molecule has 0 spiro atoms. The fraction of sp³-hybridized carbons (Fsp3) is 0.286. The molecule has 19 heavy (non-hydrogen) atoms. The summed E-state index contributed by atoms with van der Waals surface area (Å²) in [5.41, 5.74) is 1.93. The highest BCUT2D eigenvalue weighted by Gasteiger charge is 2.10. The Balaban J connectivity index is 1.81. The molecular weight excluding hydrogens is 240 g/mol. The van der Waals surface area contributed by atoms with E-state index in [1.165, 1.54) is 0 Å². The van der Waals surface area contributed by atoms with E-state index in [9.17, 15) is 4.79 Å². The molecule has 1 atom stereocenters. The number of nitrogens with one attached hydrogen (secondary N) is 2. The molecule has 2 aromatic rings. The van der Waals surface area contributed by atoms with Crippen LogP contribution in [0.15, 0.2) is 42.7 Å². The quantitative estimate of drug-likeness (QED) is 0.858. The Hall–Kier alpha value is -2.30. The number of hydrogen-bond donors (Lipinski definition) is 2. The molecule has 2 rings (SSSR count). The topological polar surface area (TPSA) is 59.0 Å². The number of rotatable bonds is 5. The highest BCUT2D eigenvalue weighted by molar-refractivity contribution is 5.81. The highest BCUT2D eigenvalue weighted by atomic mass is 16.1. The standard InChI is InChI=1S/C14H18N4O/c1-11(12-8-16-18(2)10-12)17-14(19)9-15-13-6-4-3-5-7-13/h3-8,10-11,15H,9H2,1-2H3,(H,17,19). The van der Waals surface area contributed by atoms with Gasteiger partial charge in [0, 0.05) is 24.5 Å². The van der Waals surface area contributed by atoms with E-state index in [2.05, 4.69) is 15.7 Å². The smallest absolute Gasteiger partial charge is 0.239 e. The summed E-state index contributed by atoms with van der Waals surface area (Å²) in [6.45, 7) is 2.20. The van der Waals surface area contributed by atoms with Crippen LogP contribution >= 0.6 is 0 Å². The molecule has 5 nitrogen and oxygen atoms in total. The SMILES string of the molecule is CC(NC(=O)CNc1ccccc1)c1cnn(C)c1. The number of anilines is 1. The summed E-state index contributed by atoms with van der Waals surface area (Å²) >= 11 is 0. The molecule has 0 aliphatic carbocycles. The molecule has 1 aromatic heterocycles. The fourth-order valence-corrected chi connectivity index (χ4v) is 1.78. The summed E-state index contributed by atoms with van der Waals surface area (Å²) in [5.74, 6) is -0.0415. The molecule has 0 radical (unpaired) electrons. The Morgan fingerprint density at radius 2 is 2.11 bits per heavy atom. The van der Waals surface area contributed by atoms with Gasteiger partial charge in [-0.2, -0.15) is 5.10 Å². The number of hydrogen-bond acceptors (Lipinski definition) is 3. The van der Waals surface area contributed by atoms with Crippen molar-refractivity contribution in [1.29, 1.82) is 0 Å². The first-order valence-electron chi connectivity index (χ1n) is 6.22. The van der Waals surface area contributed by atoms with Gasteiger partial charge in [-0.05, 0) is 19.1 Å². The maximum Gasteiger partial charge on any atom is 0.239 e. The van der Waals surface area contributed by atoms with Crippen molar-refractivity contribution in [3.63, 3.8) is 0 Å². The van der Waals surface area contributed by atoms with Gasteiger partial charge in [-0.25, -0.2) is 0 Å². The first-order chi connectivity index (χ1) is 9.15. The second kappa shape index (κ2) is 6.04. The summed E-state index contributed by atoms with van der Waals surface area (Å²) in [4.78, 5) is 11.8. The van der Waals surface area contributed by atoms with Crippen LogP contribution in [-0.4, -0.2) is 22.2 Å². The summed E-state index contributed by atoms with van der Waals surface area (Å²) in [5, 5.41) is 10.1. The van der Waals surface area contributed by atoms with Gasteiger partial charge in [0.1, 0.15) is 0 Å². The molecule has 1 heterocycles. The third kappa shape index (κ3) is 3.84. The molecule has 1 aromatic carbocycles. The number of amides is 1. The lowest BCUT2D eigenvalue weighted by Gasteiger charge is -2.13. The van der Waals surface area contributed by atoms with Crippen LogP contribution in [0.4, 0.5) is 5.69 Å². The van der Waals surface area contributed by atoms with Crippen molar-refractivity contribution in [2.75, 3.05) is 11.9 Å². The van der Waals surface area contributed by atoms with Crippen LogP contribution in [0.5, 0.6) is 0 Å². The van der Waals surface area contributed by atoms with Crippen LogP contribution in [0.3, 0.4) is 0 Å². The zero-order valence-corrected chi connectivity index (χ0v) is 11.1. The van der Waals surface area contributed by atoms with E-state index >= 15 is 0 Å². The number of nitrogens with zero attached hydrogens (tertiary/aromatic N) is 2. The molecular formula is C14H18N4O. The Morgan fingerprint density at radius 1 is 1.37 bits per heavy atom. The molecule has 0 saturated carbocycles. The third-order valence-corrected chi connectivity index (χ3v) is 2.83. The van der Waals surface area contributed by atoms with Crippen molar-refractivity contribution in [1.82, 2.24) is 15.1 Å². The minimum Gasteiger partial charge on any atom is -0.376 e. The minimum absolute atomic E-state index is 0.0415. The van der Waals surface area contributed by atoms with Crippen molar-refractivity contribution in [2.24, 2.45) is 7.05 Å². The number of benzene rings is 1. The van der Waals surface area contributed by atoms with E-state index in [-0.39, 0.29) is 18.5 Å². The van der Waals surface area contributed by atoms with Gasteiger partial charge in [0.25, 0.3) is 0 Å². The first kappa shape index (κ1) is 13.1. The summed E-state index contributed by atoms with van der Waals surface area (Å²) in [7, 11) is 1.86. The van der Waals surface area contributed by atoms with Crippen LogP contribution in [0.2, 0.25) is 0 Å². The van der Waals surface area contributed by atoms with Crippen LogP contribution in [0.1, 0.15) is 18.5 Å². The van der Waals surface area contributed by atoms with Crippen molar-refractivity contribution < 1.29 is 4.79 Å².